The van der Waals surface area contributed by atoms with Crippen molar-refractivity contribution in [2.45, 2.75) is 12.5 Å². The van der Waals surface area contributed by atoms with Crippen LogP contribution in [-0.2, 0) is 6.42 Å². The minimum Gasteiger partial charge on any atom is -0.493 e. The van der Waals surface area contributed by atoms with Crippen molar-refractivity contribution in [2.75, 3.05) is 6.61 Å². The maximum absolute atomic E-state index is 13.9. The maximum atomic E-state index is 13.9. The van der Waals surface area contributed by atoms with Gasteiger partial charge in [0, 0.05) is 22.6 Å². The Hall–Kier alpha value is -1.58. The minimum absolute atomic E-state index is 0.354. The molecule has 2 aromatic rings. The molecule has 0 aliphatic carbocycles. The monoisotopic (exact) mass is 277 g/mol. The lowest BCUT2D eigenvalue weighted by molar-refractivity contribution is 0.352. The number of rotatable bonds is 2. The maximum Gasteiger partial charge on any atom is 0.128 e. The van der Waals surface area contributed by atoms with Crippen LogP contribution in [0.1, 0.15) is 22.7 Å². The SMILES string of the molecule is NC(c1cc(Cl)ccc1F)c1cccc2c1OCC2. The molecule has 1 unspecified atom stereocenters. The summed E-state index contributed by atoms with van der Waals surface area (Å²) in [6.07, 6.45) is 0.869. The third kappa shape index (κ3) is 2.20. The second kappa shape index (κ2) is 4.83. The van der Waals surface area contributed by atoms with Crippen molar-refractivity contribution in [2.24, 2.45) is 5.73 Å². The average molecular weight is 278 g/mol. The molecule has 0 saturated carbocycles. The van der Waals surface area contributed by atoms with Crippen molar-refractivity contribution in [1.29, 1.82) is 0 Å². The summed E-state index contributed by atoms with van der Waals surface area (Å²) in [6.45, 7) is 0.650. The molecule has 4 heteroatoms. The molecule has 3 rings (SSSR count). The molecule has 2 nitrogen and oxygen atoms in total. The molecule has 0 radical (unpaired) electrons. The molecule has 1 aliphatic heterocycles. The highest BCUT2D eigenvalue weighted by Crippen LogP contribution is 2.36. The second-order valence-electron chi connectivity index (χ2n) is 4.58. The van der Waals surface area contributed by atoms with Gasteiger partial charge in [-0.15, -0.1) is 0 Å². The van der Waals surface area contributed by atoms with E-state index in [4.69, 9.17) is 22.1 Å². The van der Waals surface area contributed by atoms with E-state index in [1.165, 1.54) is 12.1 Å². The molecule has 0 aromatic heterocycles. The van der Waals surface area contributed by atoms with Gasteiger partial charge >= 0.3 is 0 Å². The first kappa shape index (κ1) is 12.5. The lowest BCUT2D eigenvalue weighted by atomic mass is 9.96. The predicted molar refractivity (Wildman–Crippen MR) is 73.1 cm³/mol. The normalized spacial score (nSPS) is 14.9. The van der Waals surface area contributed by atoms with Gasteiger partial charge in [-0.1, -0.05) is 29.8 Å². The molecule has 19 heavy (non-hydrogen) atoms. The van der Waals surface area contributed by atoms with Crippen molar-refractivity contribution in [1.82, 2.24) is 0 Å². The lowest BCUT2D eigenvalue weighted by Gasteiger charge is -2.16. The standard InChI is InChI=1S/C15H13ClFNO/c16-10-4-5-13(17)12(8-10)14(18)11-3-1-2-9-6-7-19-15(9)11/h1-5,8,14H,6-7,18H2. The van der Waals surface area contributed by atoms with E-state index in [9.17, 15) is 4.39 Å². The molecule has 0 bridgehead atoms. The van der Waals surface area contributed by atoms with Gasteiger partial charge in [-0.25, -0.2) is 4.39 Å². The zero-order chi connectivity index (χ0) is 13.4. The quantitative estimate of drug-likeness (QED) is 0.912. The summed E-state index contributed by atoms with van der Waals surface area (Å²) in [5.74, 6) is 0.432. The average Bonchev–Trinajstić information content (AvgIpc) is 2.89. The summed E-state index contributed by atoms with van der Waals surface area (Å²) in [5, 5.41) is 0.473. The van der Waals surface area contributed by atoms with Gasteiger partial charge in [-0.05, 0) is 23.8 Å². The van der Waals surface area contributed by atoms with E-state index in [0.717, 1.165) is 23.3 Å². The zero-order valence-electron chi connectivity index (χ0n) is 10.2. The largest absolute Gasteiger partial charge is 0.493 e. The Morgan fingerprint density at radius 2 is 2.05 bits per heavy atom. The topological polar surface area (TPSA) is 35.2 Å². The van der Waals surface area contributed by atoms with Crippen LogP contribution in [0.5, 0.6) is 5.75 Å². The smallest absolute Gasteiger partial charge is 0.128 e. The van der Waals surface area contributed by atoms with Gasteiger partial charge < -0.3 is 10.5 Å². The molecule has 1 aliphatic rings. The van der Waals surface area contributed by atoms with Crippen molar-refractivity contribution >= 4 is 11.6 Å². The number of nitrogens with two attached hydrogens (primary N) is 1. The van der Waals surface area contributed by atoms with Gasteiger partial charge in [0.25, 0.3) is 0 Å². The Morgan fingerprint density at radius 3 is 2.89 bits per heavy atom. The molecule has 0 spiro atoms. The number of para-hydroxylation sites is 1. The fourth-order valence-corrected chi connectivity index (χ4v) is 2.59. The van der Waals surface area contributed by atoms with Crippen LogP contribution < -0.4 is 10.5 Å². The van der Waals surface area contributed by atoms with Crippen molar-refractivity contribution < 1.29 is 9.13 Å². The molecule has 1 heterocycles. The molecule has 98 valence electrons. The van der Waals surface area contributed by atoms with Crippen molar-refractivity contribution in [3.8, 4) is 5.75 Å². The van der Waals surface area contributed by atoms with Crippen LogP contribution in [-0.4, -0.2) is 6.61 Å². The Morgan fingerprint density at radius 1 is 1.21 bits per heavy atom. The molecule has 1 atom stereocenters. The molecule has 0 amide bonds. The van der Waals surface area contributed by atoms with Crippen LogP contribution in [0, 0.1) is 5.82 Å². The third-order valence-electron chi connectivity index (χ3n) is 3.37. The number of ether oxygens (including phenoxy) is 1. The predicted octanol–water partition coefficient (Wildman–Crippen LogP) is 3.46. The highest BCUT2D eigenvalue weighted by Gasteiger charge is 2.22. The van der Waals surface area contributed by atoms with Crippen LogP contribution in [0.4, 0.5) is 4.39 Å². The van der Waals surface area contributed by atoms with E-state index >= 15 is 0 Å². The number of fused-ring (bicyclic) bond motifs is 1. The number of hydrogen-bond donors (Lipinski definition) is 1. The van der Waals surface area contributed by atoms with Crippen LogP contribution in [0.15, 0.2) is 36.4 Å². The molecule has 2 N–H and O–H groups in total. The van der Waals surface area contributed by atoms with Crippen LogP contribution in [0.3, 0.4) is 0 Å². The van der Waals surface area contributed by atoms with E-state index < -0.39 is 6.04 Å². The molecule has 0 saturated heterocycles. The third-order valence-corrected chi connectivity index (χ3v) is 3.61. The molecule has 0 fully saturated rings. The van der Waals surface area contributed by atoms with E-state index in [1.54, 1.807) is 6.07 Å². The highest BCUT2D eigenvalue weighted by molar-refractivity contribution is 6.30. The number of benzene rings is 2. The molecule has 2 aromatic carbocycles. The first-order valence-electron chi connectivity index (χ1n) is 6.12. The lowest BCUT2D eigenvalue weighted by Crippen LogP contribution is -2.14. The molecular weight excluding hydrogens is 265 g/mol. The van der Waals surface area contributed by atoms with Crippen molar-refractivity contribution in [3.05, 3.63) is 63.9 Å². The van der Waals surface area contributed by atoms with E-state index in [1.807, 2.05) is 18.2 Å². The summed E-state index contributed by atoms with van der Waals surface area (Å²) < 4.78 is 19.5. The Balaban J connectivity index is 2.07. The first-order chi connectivity index (χ1) is 9.16. The number of halogens is 2. The van der Waals surface area contributed by atoms with Gasteiger partial charge in [-0.3, -0.25) is 0 Å². The zero-order valence-corrected chi connectivity index (χ0v) is 11.0. The summed E-state index contributed by atoms with van der Waals surface area (Å²) >= 11 is 5.91. The fraction of sp³-hybridized carbons (Fsp3) is 0.200. The number of hydrogen-bond acceptors (Lipinski definition) is 2. The van der Waals surface area contributed by atoms with Crippen LogP contribution in [0.2, 0.25) is 5.02 Å². The van der Waals surface area contributed by atoms with E-state index in [0.29, 0.717) is 17.2 Å². The van der Waals surface area contributed by atoms with Crippen LogP contribution in [0.25, 0.3) is 0 Å². The van der Waals surface area contributed by atoms with Crippen molar-refractivity contribution in [3.63, 3.8) is 0 Å². The highest BCUT2D eigenvalue weighted by atomic mass is 35.5. The van der Waals surface area contributed by atoms with E-state index in [2.05, 4.69) is 0 Å². The van der Waals surface area contributed by atoms with Gasteiger partial charge in [0.1, 0.15) is 11.6 Å². The Bertz CT molecular complexity index is 630. The second-order valence-corrected chi connectivity index (χ2v) is 5.01. The van der Waals surface area contributed by atoms with Gasteiger partial charge in [0.2, 0.25) is 0 Å². The first-order valence-corrected chi connectivity index (χ1v) is 6.50. The summed E-state index contributed by atoms with van der Waals surface area (Å²) in [4.78, 5) is 0. The summed E-state index contributed by atoms with van der Waals surface area (Å²) in [5.41, 5.74) is 8.49. The van der Waals surface area contributed by atoms with Gasteiger partial charge in [0.15, 0.2) is 0 Å². The molecular formula is C15H13ClFNO. The Labute approximate surface area is 115 Å². The van der Waals surface area contributed by atoms with Crippen LogP contribution >= 0.6 is 11.6 Å². The van der Waals surface area contributed by atoms with Gasteiger partial charge in [0.05, 0.1) is 12.6 Å². The van der Waals surface area contributed by atoms with E-state index in [-0.39, 0.29) is 5.82 Å². The summed E-state index contributed by atoms with van der Waals surface area (Å²) in [7, 11) is 0. The van der Waals surface area contributed by atoms with Gasteiger partial charge in [-0.2, -0.15) is 0 Å². The fourth-order valence-electron chi connectivity index (χ4n) is 2.41. The Kier molecular flexibility index (Phi) is 3.17. The minimum atomic E-state index is -0.577. The summed E-state index contributed by atoms with van der Waals surface area (Å²) in [6, 6.07) is 9.63.